The lowest BCUT2D eigenvalue weighted by atomic mass is 10.1. The average Bonchev–Trinajstić information content (AvgIpc) is 2.68. The number of hydrogen-bond donors (Lipinski definition) is 0. The fourth-order valence-corrected chi connectivity index (χ4v) is 2.99. The average molecular weight is 451 g/mol. The molecule has 0 saturated carbocycles. The molecule has 7 heteroatoms. The van der Waals surface area contributed by atoms with Crippen molar-refractivity contribution in [3.63, 3.8) is 0 Å². The zero-order valence-electron chi connectivity index (χ0n) is 16.1. The van der Waals surface area contributed by atoms with Crippen LogP contribution in [0.1, 0.15) is 41.5 Å². The molecular formula is C21H23BrO6. The molecule has 2 rings (SSSR count). The van der Waals surface area contributed by atoms with Gasteiger partial charge in [-0.15, -0.1) is 0 Å². The Balaban J connectivity index is 2.21. The van der Waals surface area contributed by atoms with E-state index in [1.807, 2.05) is 20.8 Å². The maximum absolute atomic E-state index is 12.5. The van der Waals surface area contributed by atoms with E-state index in [4.69, 9.17) is 18.9 Å². The SMILES string of the molecule is CCOc1cc(C(=O)OCC(=O)c2ccccc2Br)cc(OCC)c1OCC. The van der Waals surface area contributed by atoms with E-state index in [0.717, 1.165) is 0 Å². The smallest absolute Gasteiger partial charge is 0.338 e. The number of rotatable bonds is 10. The van der Waals surface area contributed by atoms with Crippen molar-refractivity contribution in [1.29, 1.82) is 0 Å². The normalized spacial score (nSPS) is 10.3. The predicted molar refractivity (Wildman–Crippen MR) is 109 cm³/mol. The van der Waals surface area contributed by atoms with Crippen LogP contribution < -0.4 is 14.2 Å². The Morgan fingerprint density at radius 1 is 0.893 bits per heavy atom. The Labute approximate surface area is 172 Å². The number of halogens is 1. The van der Waals surface area contributed by atoms with E-state index < -0.39 is 5.97 Å². The first-order valence-corrected chi connectivity index (χ1v) is 9.82. The third-order valence-electron chi connectivity index (χ3n) is 3.65. The van der Waals surface area contributed by atoms with Gasteiger partial charge in [-0.25, -0.2) is 4.79 Å². The maximum atomic E-state index is 12.5. The summed E-state index contributed by atoms with van der Waals surface area (Å²) in [5.74, 6) is 0.262. The van der Waals surface area contributed by atoms with E-state index in [9.17, 15) is 9.59 Å². The first-order chi connectivity index (χ1) is 13.5. The number of hydrogen-bond acceptors (Lipinski definition) is 6. The molecule has 0 aliphatic heterocycles. The summed E-state index contributed by atoms with van der Waals surface area (Å²) in [6.45, 7) is 6.35. The first-order valence-electron chi connectivity index (χ1n) is 9.03. The maximum Gasteiger partial charge on any atom is 0.338 e. The highest BCUT2D eigenvalue weighted by molar-refractivity contribution is 9.10. The molecule has 0 heterocycles. The van der Waals surface area contributed by atoms with Gasteiger partial charge in [-0.05, 0) is 39.0 Å². The summed E-state index contributed by atoms with van der Waals surface area (Å²) in [7, 11) is 0. The third-order valence-corrected chi connectivity index (χ3v) is 4.34. The topological polar surface area (TPSA) is 71.1 Å². The van der Waals surface area contributed by atoms with E-state index in [-0.39, 0.29) is 18.0 Å². The molecule has 2 aromatic carbocycles. The minimum Gasteiger partial charge on any atom is -0.490 e. The minimum atomic E-state index is -0.648. The molecule has 2 aromatic rings. The van der Waals surface area contributed by atoms with E-state index >= 15 is 0 Å². The number of carbonyl (C=O) groups is 2. The highest BCUT2D eigenvalue weighted by atomic mass is 79.9. The van der Waals surface area contributed by atoms with Crippen LogP contribution in [0.3, 0.4) is 0 Å². The van der Waals surface area contributed by atoms with E-state index in [0.29, 0.717) is 47.1 Å². The summed E-state index contributed by atoms with van der Waals surface area (Å²) in [5.41, 5.74) is 0.669. The summed E-state index contributed by atoms with van der Waals surface area (Å²) in [5, 5.41) is 0. The molecule has 0 unspecified atom stereocenters. The Morgan fingerprint density at radius 3 is 2.00 bits per heavy atom. The number of benzene rings is 2. The van der Waals surface area contributed by atoms with Gasteiger partial charge in [0.15, 0.2) is 18.1 Å². The van der Waals surface area contributed by atoms with Gasteiger partial charge in [-0.2, -0.15) is 0 Å². The Bertz CT molecular complexity index is 806. The zero-order chi connectivity index (χ0) is 20.5. The van der Waals surface area contributed by atoms with Crippen LogP contribution >= 0.6 is 15.9 Å². The summed E-state index contributed by atoms with van der Waals surface area (Å²) in [4.78, 5) is 24.8. The van der Waals surface area contributed by atoms with Crippen LogP contribution in [0.25, 0.3) is 0 Å². The van der Waals surface area contributed by atoms with Crippen LogP contribution in [-0.4, -0.2) is 38.2 Å². The molecule has 0 N–H and O–H groups in total. The van der Waals surface area contributed by atoms with Crippen LogP contribution in [0.15, 0.2) is 40.9 Å². The Morgan fingerprint density at radius 2 is 1.46 bits per heavy atom. The van der Waals surface area contributed by atoms with Crippen LogP contribution in [-0.2, 0) is 4.74 Å². The molecule has 0 bridgehead atoms. The number of esters is 1. The molecule has 0 spiro atoms. The molecule has 0 atom stereocenters. The number of Topliss-reactive ketones (excluding diaryl/α,β-unsaturated/α-hetero) is 1. The largest absolute Gasteiger partial charge is 0.490 e. The van der Waals surface area contributed by atoms with Gasteiger partial charge in [0.05, 0.1) is 25.4 Å². The second kappa shape index (κ2) is 10.7. The van der Waals surface area contributed by atoms with E-state index in [1.165, 1.54) is 12.1 Å². The van der Waals surface area contributed by atoms with Crippen LogP contribution in [0.4, 0.5) is 0 Å². The molecule has 0 fully saturated rings. The number of carbonyl (C=O) groups excluding carboxylic acids is 2. The lowest BCUT2D eigenvalue weighted by Gasteiger charge is -2.16. The van der Waals surface area contributed by atoms with Gasteiger partial charge in [-0.1, -0.05) is 34.1 Å². The molecular weight excluding hydrogens is 428 g/mol. The molecule has 0 radical (unpaired) electrons. The van der Waals surface area contributed by atoms with Crippen molar-refractivity contribution < 1.29 is 28.5 Å². The standard InChI is InChI=1S/C21H23BrO6/c1-4-25-18-11-14(12-19(26-5-2)20(18)27-6-3)21(24)28-13-17(23)15-9-7-8-10-16(15)22/h7-12H,4-6,13H2,1-3H3. The van der Waals surface area contributed by atoms with Crippen LogP contribution in [0.2, 0.25) is 0 Å². The van der Waals surface area contributed by atoms with Gasteiger partial charge in [0.25, 0.3) is 0 Å². The van der Waals surface area contributed by atoms with Crippen molar-refractivity contribution in [2.75, 3.05) is 26.4 Å². The van der Waals surface area contributed by atoms with Gasteiger partial charge in [-0.3, -0.25) is 4.79 Å². The third kappa shape index (κ3) is 5.48. The first kappa shape index (κ1) is 21.8. The number of ether oxygens (including phenoxy) is 4. The van der Waals surface area contributed by atoms with Gasteiger partial charge in [0.1, 0.15) is 0 Å². The molecule has 0 aliphatic rings. The van der Waals surface area contributed by atoms with Gasteiger partial charge in [0, 0.05) is 10.0 Å². The molecule has 0 saturated heterocycles. The van der Waals surface area contributed by atoms with Gasteiger partial charge in [0.2, 0.25) is 11.5 Å². The van der Waals surface area contributed by atoms with Crippen molar-refractivity contribution >= 4 is 27.7 Å². The number of ketones is 1. The molecule has 0 aliphatic carbocycles. The summed E-state index contributed by atoms with van der Waals surface area (Å²) >= 11 is 3.32. The van der Waals surface area contributed by atoms with Crippen molar-refractivity contribution in [3.05, 3.63) is 52.0 Å². The fraction of sp³-hybridized carbons (Fsp3) is 0.333. The van der Waals surface area contributed by atoms with E-state index in [2.05, 4.69) is 15.9 Å². The van der Waals surface area contributed by atoms with Crippen molar-refractivity contribution in [2.24, 2.45) is 0 Å². The second-order valence-electron chi connectivity index (χ2n) is 5.58. The van der Waals surface area contributed by atoms with Crippen molar-refractivity contribution in [1.82, 2.24) is 0 Å². The second-order valence-corrected chi connectivity index (χ2v) is 6.43. The van der Waals surface area contributed by atoms with E-state index in [1.54, 1.807) is 24.3 Å². The van der Waals surface area contributed by atoms with Crippen molar-refractivity contribution in [2.45, 2.75) is 20.8 Å². The van der Waals surface area contributed by atoms with Crippen molar-refractivity contribution in [3.8, 4) is 17.2 Å². The quantitative estimate of drug-likeness (QED) is 0.386. The molecule has 150 valence electrons. The van der Waals surface area contributed by atoms with Crippen LogP contribution in [0, 0.1) is 0 Å². The Kier molecular flexibility index (Phi) is 8.32. The van der Waals surface area contributed by atoms with Crippen LogP contribution in [0.5, 0.6) is 17.2 Å². The summed E-state index contributed by atoms with van der Waals surface area (Å²) < 4.78 is 22.7. The summed E-state index contributed by atoms with van der Waals surface area (Å²) in [6, 6.07) is 10.0. The van der Waals surface area contributed by atoms with Gasteiger partial charge < -0.3 is 18.9 Å². The molecule has 0 aromatic heterocycles. The highest BCUT2D eigenvalue weighted by Crippen LogP contribution is 2.39. The molecule has 6 nitrogen and oxygen atoms in total. The minimum absolute atomic E-state index is 0.218. The molecule has 0 amide bonds. The Hall–Kier alpha value is -2.54. The lowest BCUT2D eigenvalue weighted by molar-refractivity contribution is 0.0473. The molecule has 28 heavy (non-hydrogen) atoms. The summed E-state index contributed by atoms with van der Waals surface area (Å²) in [6.07, 6.45) is 0. The zero-order valence-corrected chi connectivity index (χ0v) is 17.7. The monoisotopic (exact) mass is 450 g/mol. The lowest BCUT2D eigenvalue weighted by Crippen LogP contribution is -2.15. The highest BCUT2D eigenvalue weighted by Gasteiger charge is 2.20. The fourth-order valence-electron chi connectivity index (χ4n) is 2.49. The predicted octanol–water partition coefficient (Wildman–Crippen LogP) is 4.68. The van der Waals surface area contributed by atoms with Gasteiger partial charge >= 0.3 is 5.97 Å².